The Hall–Kier alpha value is -3.23. The summed E-state index contributed by atoms with van der Waals surface area (Å²) >= 11 is 0. The molecule has 8 nitrogen and oxygen atoms in total. The van der Waals surface area contributed by atoms with Crippen LogP contribution in [0.1, 0.15) is 152 Å². The van der Waals surface area contributed by atoms with Gasteiger partial charge in [-0.25, -0.2) is 0 Å². The molecular formula is C47H63NO7. The molecule has 1 amide bonds. The van der Waals surface area contributed by atoms with Crippen molar-refractivity contribution in [3.05, 3.63) is 70.7 Å². The van der Waals surface area contributed by atoms with Gasteiger partial charge in [0.15, 0.2) is 11.4 Å². The summed E-state index contributed by atoms with van der Waals surface area (Å²) in [6.45, 7) is 15.7. The van der Waals surface area contributed by atoms with Crippen LogP contribution in [-0.2, 0) is 20.7 Å². The molecular weight excluding hydrogens is 691 g/mol. The van der Waals surface area contributed by atoms with Gasteiger partial charge >= 0.3 is 5.97 Å². The molecule has 0 spiro atoms. The summed E-state index contributed by atoms with van der Waals surface area (Å²) in [6.07, 6.45) is 12.0. The molecule has 1 saturated heterocycles. The average molecular weight is 754 g/mol. The molecule has 1 aliphatic heterocycles. The van der Waals surface area contributed by atoms with Gasteiger partial charge in [-0.2, -0.15) is 0 Å². The number of nitrogens with zero attached hydrogens (tertiary/aromatic N) is 1. The van der Waals surface area contributed by atoms with Gasteiger partial charge in [0, 0.05) is 22.9 Å². The lowest BCUT2D eigenvalue weighted by Gasteiger charge is -2.61. The second-order valence-electron chi connectivity index (χ2n) is 20.3. The SMILES string of the molecule is CC1=CCCC2(C)C(CCC2(O)CN(CC2CCC3CC2C3(C)C)C(=O)C23CCC(C)(C(=O)O2)C3(C)C)c2ccc(cc2C(=O)c2ccco2)CC(O)CC1. The van der Waals surface area contributed by atoms with Gasteiger partial charge in [0.05, 0.1) is 29.9 Å². The summed E-state index contributed by atoms with van der Waals surface area (Å²) in [4.78, 5) is 45.1. The molecule has 2 aromatic rings. The first-order chi connectivity index (χ1) is 25.9. The molecule has 5 saturated carbocycles. The van der Waals surface area contributed by atoms with Crippen molar-refractivity contribution in [2.75, 3.05) is 13.1 Å². The van der Waals surface area contributed by atoms with Gasteiger partial charge in [0.2, 0.25) is 5.78 Å². The maximum atomic E-state index is 15.4. The molecule has 9 atom stereocenters. The van der Waals surface area contributed by atoms with E-state index < -0.39 is 33.6 Å². The van der Waals surface area contributed by atoms with Gasteiger partial charge in [-0.05, 0) is 149 Å². The third-order valence-corrected chi connectivity index (χ3v) is 17.3. The van der Waals surface area contributed by atoms with Crippen LogP contribution in [0, 0.1) is 39.4 Å². The quantitative estimate of drug-likeness (QED) is 0.165. The number of aliphatic hydroxyl groups excluding tert-OH is 1. The summed E-state index contributed by atoms with van der Waals surface area (Å²) in [5, 5.41) is 24.4. The van der Waals surface area contributed by atoms with Crippen molar-refractivity contribution in [3.63, 3.8) is 0 Å². The number of hydrogen-bond acceptors (Lipinski definition) is 7. The first kappa shape index (κ1) is 38.6. The Morgan fingerprint density at radius 1 is 0.964 bits per heavy atom. The fourth-order valence-electron chi connectivity index (χ4n) is 12.7. The highest BCUT2D eigenvalue weighted by Gasteiger charge is 2.76. The van der Waals surface area contributed by atoms with Crippen molar-refractivity contribution in [2.45, 2.75) is 149 Å². The fraction of sp³-hybridized carbons (Fsp3) is 0.681. The van der Waals surface area contributed by atoms with Crippen molar-refractivity contribution < 1.29 is 33.8 Å². The van der Waals surface area contributed by atoms with E-state index in [4.69, 9.17) is 9.15 Å². The molecule has 1 aromatic carbocycles. The van der Waals surface area contributed by atoms with Crippen LogP contribution in [0.2, 0.25) is 0 Å². The van der Waals surface area contributed by atoms with Gasteiger partial charge in [0.25, 0.3) is 5.91 Å². The Morgan fingerprint density at radius 3 is 2.40 bits per heavy atom. The number of aliphatic hydroxyl groups is 2. The number of esters is 1. The molecule has 2 heterocycles. The summed E-state index contributed by atoms with van der Waals surface area (Å²) in [5.74, 6) is 0.946. The highest BCUT2D eigenvalue weighted by Crippen LogP contribution is 2.67. The van der Waals surface area contributed by atoms with Gasteiger partial charge in [-0.1, -0.05) is 58.4 Å². The molecule has 298 valence electrons. The molecule has 10 rings (SSSR count). The largest absolute Gasteiger partial charge is 0.461 e. The van der Waals surface area contributed by atoms with E-state index in [0.717, 1.165) is 42.7 Å². The van der Waals surface area contributed by atoms with Crippen LogP contribution in [0.3, 0.4) is 0 Å². The monoisotopic (exact) mass is 753 g/mol. The number of benzene rings is 1. The zero-order valence-electron chi connectivity index (χ0n) is 34.2. The topological polar surface area (TPSA) is 117 Å². The van der Waals surface area contributed by atoms with Crippen molar-refractivity contribution in [1.29, 1.82) is 0 Å². The Bertz CT molecular complexity index is 1890. The number of carbonyl (C=O) groups excluding carboxylic acids is 3. The van der Waals surface area contributed by atoms with E-state index in [9.17, 15) is 19.8 Å². The van der Waals surface area contributed by atoms with Crippen LogP contribution < -0.4 is 0 Å². The Balaban J connectivity index is 1.21. The minimum Gasteiger partial charge on any atom is -0.461 e. The number of allylic oxidation sites excluding steroid dienone is 2. The van der Waals surface area contributed by atoms with Crippen LogP contribution in [0.15, 0.2) is 52.7 Å². The summed E-state index contributed by atoms with van der Waals surface area (Å²) in [5.41, 5.74) is -0.975. The highest BCUT2D eigenvalue weighted by molar-refractivity contribution is 6.08. The van der Waals surface area contributed by atoms with Crippen LogP contribution in [0.5, 0.6) is 0 Å². The van der Waals surface area contributed by atoms with E-state index in [-0.39, 0.29) is 41.3 Å². The van der Waals surface area contributed by atoms with Crippen LogP contribution in [-0.4, -0.2) is 63.2 Å². The minimum absolute atomic E-state index is 0.145. The lowest BCUT2D eigenvalue weighted by molar-refractivity contribution is -0.181. The standard InChI is InChI=1S/C47H63NO7/c1-29-10-8-19-44(6)36(34-17-13-30(24-33(49)16-12-29)25-35(34)39(50)38-11-9-23-54-38)18-20-46(44,53)28-48(27-31-14-15-32-26-37(31)42(32,2)3)40(51)47-22-21-45(7,41(52)55-47)43(47,4)5/h9-11,13,17,23,25,31-33,36-37,49,53H,8,12,14-16,18-22,24,26-28H2,1-7H3. The molecule has 0 radical (unpaired) electrons. The van der Waals surface area contributed by atoms with E-state index in [2.05, 4.69) is 33.8 Å². The number of rotatable bonds is 7. The number of ketones is 1. The lowest BCUT2D eigenvalue weighted by atomic mass is 9.45. The van der Waals surface area contributed by atoms with Gasteiger partial charge in [-0.15, -0.1) is 0 Å². The summed E-state index contributed by atoms with van der Waals surface area (Å²) < 4.78 is 11.9. The first-order valence-corrected chi connectivity index (χ1v) is 21.2. The van der Waals surface area contributed by atoms with Crippen LogP contribution in [0.4, 0.5) is 0 Å². The second kappa shape index (κ2) is 13.2. The first-order valence-electron chi connectivity index (χ1n) is 21.2. The van der Waals surface area contributed by atoms with E-state index in [1.807, 2.05) is 43.9 Å². The predicted molar refractivity (Wildman–Crippen MR) is 210 cm³/mol. The molecule has 9 unspecified atom stereocenters. The molecule has 2 N–H and O–H groups in total. The summed E-state index contributed by atoms with van der Waals surface area (Å²) in [7, 11) is 0. The smallest absolute Gasteiger partial charge is 0.313 e. The molecule has 6 bridgehead atoms. The van der Waals surface area contributed by atoms with Crippen molar-refractivity contribution >= 4 is 17.7 Å². The molecule has 8 aliphatic rings. The van der Waals surface area contributed by atoms with E-state index in [0.29, 0.717) is 68.9 Å². The fourth-order valence-corrected chi connectivity index (χ4v) is 12.7. The highest BCUT2D eigenvalue weighted by atomic mass is 16.6. The number of amides is 1. The van der Waals surface area contributed by atoms with Crippen molar-refractivity contribution in [2.24, 2.45) is 39.4 Å². The third-order valence-electron chi connectivity index (χ3n) is 17.3. The Morgan fingerprint density at radius 2 is 1.75 bits per heavy atom. The maximum absolute atomic E-state index is 15.4. The number of fused-ring (bicyclic) bond motifs is 12. The number of furan rings is 1. The van der Waals surface area contributed by atoms with E-state index >= 15 is 4.79 Å². The zero-order chi connectivity index (χ0) is 39.3. The van der Waals surface area contributed by atoms with Crippen molar-refractivity contribution in [3.8, 4) is 0 Å². The van der Waals surface area contributed by atoms with Crippen LogP contribution >= 0.6 is 0 Å². The molecule has 7 aliphatic carbocycles. The summed E-state index contributed by atoms with van der Waals surface area (Å²) in [6, 6.07) is 9.41. The third kappa shape index (κ3) is 5.68. The number of hydrogen-bond donors (Lipinski definition) is 2. The van der Waals surface area contributed by atoms with Gasteiger partial charge in [0.1, 0.15) is 0 Å². The molecule has 8 heteroatoms. The Labute approximate surface area is 327 Å². The lowest BCUT2D eigenvalue weighted by Crippen LogP contribution is -2.62. The average Bonchev–Trinajstić information content (AvgIpc) is 3.85. The number of carbonyl (C=O) groups is 3. The van der Waals surface area contributed by atoms with E-state index in [1.165, 1.54) is 18.3 Å². The van der Waals surface area contributed by atoms with Gasteiger partial charge < -0.3 is 24.3 Å². The predicted octanol–water partition coefficient (Wildman–Crippen LogP) is 8.57. The normalized spacial score (nSPS) is 38.7. The number of ether oxygens (including phenoxy) is 1. The van der Waals surface area contributed by atoms with Gasteiger partial charge in [-0.3, -0.25) is 14.4 Å². The maximum Gasteiger partial charge on any atom is 0.313 e. The molecule has 55 heavy (non-hydrogen) atoms. The zero-order valence-corrected chi connectivity index (χ0v) is 34.2. The molecule has 1 aromatic heterocycles. The second-order valence-corrected chi connectivity index (χ2v) is 20.3. The Kier molecular flexibility index (Phi) is 9.24. The van der Waals surface area contributed by atoms with Crippen molar-refractivity contribution in [1.82, 2.24) is 4.90 Å². The van der Waals surface area contributed by atoms with E-state index in [1.54, 1.807) is 12.1 Å². The molecule has 6 fully saturated rings. The van der Waals surface area contributed by atoms with Crippen LogP contribution in [0.25, 0.3) is 0 Å². The minimum atomic E-state index is -1.29.